The lowest BCUT2D eigenvalue weighted by Gasteiger charge is -2.18. The number of nitrogen functional groups attached to an aromatic ring is 1. The zero-order valence-corrected chi connectivity index (χ0v) is 19.7. The van der Waals surface area contributed by atoms with E-state index in [0.717, 1.165) is 27.7 Å². The SMILES string of the molecule is CC(C)OP(C)c1ccc(-c2cnc(N)c(NC(C)c3ccc4ncccc4c3)n2)cc1. The molecule has 0 spiro atoms. The van der Waals surface area contributed by atoms with Crippen LogP contribution in [0.4, 0.5) is 11.6 Å². The first-order valence-electron chi connectivity index (χ1n) is 10.7. The van der Waals surface area contributed by atoms with E-state index in [1.807, 2.05) is 12.1 Å². The molecule has 0 saturated carbocycles. The third kappa shape index (κ3) is 5.04. The Bertz CT molecular complexity index is 1210. The molecule has 6 nitrogen and oxygen atoms in total. The molecule has 2 aromatic heterocycles. The summed E-state index contributed by atoms with van der Waals surface area (Å²) in [5.74, 6) is 0.952. The molecule has 3 N–H and O–H groups in total. The lowest BCUT2D eigenvalue weighted by atomic mass is 10.1. The minimum Gasteiger partial charge on any atom is -0.381 e. The predicted octanol–water partition coefficient (Wildman–Crippen LogP) is 5.52. The number of rotatable bonds is 7. The first kappa shape index (κ1) is 22.1. The number of nitrogens with one attached hydrogen (secondary N) is 1. The van der Waals surface area contributed by atoms with Gasteiger partial charge in [-0.2, -0.15) is 0 Å². The number of aromatic nitrogens is 3. The van der Waals surface area contributed by atoms with Crippen molar-refractivity contribution in [2.24, 2.45) is 0 Å². The Morgan fingerprint density at radius 2 is 1.78 bits per heavy atom. The molecule has 0 amide bonds. The van der Waals surface area contributed by atoms with E-state index in [1.54, 1.807) is 12.4 Å². The lowest BCUT2D eigenvalue weighted by Crippen LogP contribution is -2.11. The first-order chi connectivity index (χ1) is 15.4. The van der Waals surface area contributed by atoms with Gasteiger partial charge in [-0.25, -0.2) is 9.97 Å². The fourth-order valence-corrected chi connectivity index (χ4v) is 4.84. The standard InChI is InChI=1S/C25H28N5OP/c1-16(2)31-32(4)21-10-7-18(8-11-21)23-15-28-24(26)25(30-23)29-17(3)19-9-12-22-20(14-19)6-5-13-27-22/h5-17H,1-4H3,(H2,26,28)(H,29,30). The van der Waals surface area contributed by atoms with Crippen molar-refractivity contribution in [3.8, 4) is 11.3 Å². The second-order valence-electron chi connectivity index (χ2n) is 8.01. The molecule has 32 heavy (non-hydrogen) atoms. The molecule has 2 heterocycles. The summed E-state index contributed by atoms with van der Waals surface area (Å²) >= 11 is 0. The summed E-state index contributed by atoms with van der Waals surface area (Å²) in [5, 5.41) is 5.71. The van der Waals surface area contributed by atoms with Crippen LogP contribution in [0.5, 0.6) is 0 Å². The zero-order valence-electron chi connectivity index (χ0n) is 18.8. The van der Waals surface area contributed by atoms with Crippen molar-refractivity contribution in [2.45, 2.75) is 32.9 Å². The van der Waals surface area contributed by atoms with Crippen molar-refractivity contribution in [1.82, 2.24) is 15.0 Å². The molecule has 0 saturated heterocycles. The summed E-state index contributed by atoms with van der Waals surface area (Å²) in [6.07, 6.45) is 3.72. The molecule has 2 unspecified atom stereocenters. The highest BCUT2D eigenvalue weighted by molar-refractivity contribution is 7.60. The summed E-state index contributed by atoms with van der Waals surface area (Å²) in [7, 11) is -0.631. The largest absolute Gasteiger partial charge is 0.381 e. The highest BCUT2D eigenvalue weighted by atomic mass is 31.1. The van der Waals surface area contributed by atoms with Crippen LogP contribution in [0, 0.1) is 0 Å². The number of pyridine rings is 1. The van der Waals surface area contributed by atoms with E-state index in [1.165, 1.54) is 5.30 Å². The van der Waals surface area contributed by atoms with Crippen molar-refractivity contribution in [3.05, 3.63) is 72.6 Å². The minimum absolute atomic E-state index is 0.00524. The maximum absolute atomic E-state index is 6.13. The van der Waals surface area contributed by atoms with Crippen molar-refractivity contribution < 1.29 is 4.52 Å². The van der Waals surface area contributed by atoms with E-state index in [4.69, 9.17) is 15.2 Å². The van der Waals surface area contributed by atoms with Gasteiger partial charge in [-0.05, 0) is 51.2 Å². The van der Waals surface area contributed by atoms with Crippen molar-refractivity contribution in [2.75, 3.05) is 17.7 Å². The Morgan fingerprint density at radius 3 is 2.53 bits per heavy atom. The number of hydrogen-bond donors (Lipinski definition) is 2. The van der Waals surface area contributed by atoms with Crippen LogP contribution >= 0.6 is 8.15 Å². The third-order valence-electron chi connectivity index (χ3n) is 5.18. The fourth-order valence-electron chi connectivity index (χ4n) is 3.51. The fraction of sp³-hybridized carbons (Fsp3) is 0.240. The van der Waals surface area contributed by atoms with Crippen LogP contribution in [0.15, 0.2) is 67.0 Å². The van der Waals surface area contributed by atoms with Crippen molar-refractivity contribution >= 4 is 36.0 Å². The van der Waals surface area contributed by atoms with Gasteiger partial charge in [-0.15, -0.1) is 0 Å². The lowest BCUT2D eigenvalue weighted by molar-refractivity contribution is 0.276. The quantitative estimate of drug-likeness (QED) is 0.364. The summed E-state index contributed by atoms with van der Waals surface area (Å²) in [5.41, 5.74) is 10.00. The molecule has 0 aliphatic carbocycles. The Kier molecular flexibility index (Phi) is 6.63. The number of anilines is 2. The van der Waals surface area contributed by atoms with Gasteiger partial charge in [0.1, 0.15) is 0 Å². The van der Waals surface area contributed by atoms with E-state index in [2.05, 4.69) is 85.2 Å². The molecular weight excluding hydrogens is 417 g/mol. The molecule has 0 aliphatic heterocycles. The molecule has 2 aromatic carbocycles. The van der Waals surface area contributed by atoms with Crippen LogP contribution in [0.2, 0.25) is 0 Å². The molecule has 4 aromatic rings. The number of benzene rings is 2. The molecule has 0 radical (unpaired) electrons. The molecule has 4 rings (SSSR count). The summed E-state index contributed by atoms with van der Waals surface area (Å²) in [6.45, 7) is 8.32. The second-order valence-corrected chi connectivity index (χ2v) is 9.73. The van der Waals surface area contributed by atoms with E-state index in [9.17, 15) is 0 Å². The minimum atomic E-state index is -0.631. The van der Waals surface area contributed by atoms with Gasteiger partial charge < -0.3 is 15.6 Å². The van der Waals surface area contributed by atoms with Gasteiger partial charge in [-0.3, -0.25) is 4.98 Å². The Morgan fingerprint density at radius 1 is 1.00 bits per heavy atom. The number of fused-ring (bicyclic) bond motifs is 1. The van der Waals surface area contributed by atoms with Gasteiger partial charge in [0.05, 0.1) is 37.7 Å². The van der Waals surface area contributed by atoms with Gasteiger partial charge in [0.2, 0.25) is 0 Å². The number of nitrogens with two attached hydrogens (primary N) is 1. The molecule has 164 valence electrons. The maximum Gasteiger partial charge on any atom is 0.170 e. The number of hydrogen-bond acceptors (Lipinski definition) is 6. The van der Waals surface area contributed by atoms with Crippen LogP contribution in [-0.4, -0.2) is 27.7 Å². The van der Waals surface area contributed by atoms with Crippen LogP contribution in [0.25, 0.3) is 22.2 Å². The monoisotopic (exact) mass is 445 g/mol. The first-order valence-corrected chi connectivity index (χ1v) is 12.4. The van der Waals surface area contributed by atoms with Crippen LogP contribution < -0.4 is 16.4 Å². The number of nitrogens with zero attached hydrogens (tertiary/aromatic N) is 3. The normalized spacial score (nSPS) is 13.3. The summed E-state index contributed by atoms with van der Waals surface area (Å²) < 4.78 is 5.94. The molecule has 0 bridgehead atoms. The third-order valence-corrected chi connectivity index (χ3v) is 6.94. The van der Waals surface area contributed by atoms with E-state index >= 15 is 0 Å². The summed E-state index contributed by atoms with van der Waals surface area (Å²) in [4.78, 5) is 13.5. The van der Waals surface area contributed by atoms with Crippen LogP contribution in [0.3, 0.4) is 0 Å². The zero-order chi connectivity index (χ0) is 22.7. The molecule has 0 aliphatic rings. The van der Waals surface area contributed by atoms with Crippen LogP contribution in [0.1, 0.15) is 32.4 Å². The molecular formula is C25H28N5OP. The van der Waals surface area contributed by atoms with E-state index in [-0.39, 0.29) is 12.1 Å². The Labute approximate surface area is 190 Å². The van der Waals surface area contributed by atoms with Crippen molar-refractivity contribution in [1.29, 1.82) is 0 Å². The van der Waals surface area contributed by atoms with Gasteiger partial charge in [0, 0.05) is 22.5 Å². The Balaban J connectivity index is 1.54. The Hall–Kier alpha value is -3.08. The maximum atomic E-state index is 6.13. The average Bonchev–Trinajstić information content (AvgIpc) is 2.80. The topological polar surface area (TPSA) is 86.0 Å². The second kappa shape index (κ2) is 9.60. The van der Waals surface area contributed by atoms with E-state index in [0.29, 0.717) is 11.6 Å². The van der Waals surface area contributed by atoms with Gasteiger partial charge in [0.15, 0.2) is 11.6 Å². The van der Waals surface area contributed by atoms with E-state index < -0.39 is 8.15 Å². The van der Waals surface area contributed by atoms with Crippen LogP contribution in [-0.2, 0) is 4.52 Å². The molecule has 2 atom stereocenters. The van der Waals surface area contributed by atoms with Gasteiger partial charge in [0.25, 0.3) is 0 Å². The summed E-state index contributed by atoms with van der Waals surface area (Å²) in [6, 6.07) is 18.6. The smallest absolute Gasteiger partial charge is 0.170 e. The van der Waals surface area contributed by atoms with Crippen molar-refractivity contribution in [3.63, 3.8) is 0 Å². The highest BCUT2D eigenvalue weighted by Gasteiger charge is 2.13. The average molecular weight is 446 g/mol. The molecule has 7 heteroatoms. The highest BCUT2D eigenvalue weighted by Crippen LogP contribution is 2.33. The molecule has 0 fully saturated rings. The predicted molar refractivity (Wildman–Crippen MR) is 134 cm³/mol. The van der Waals surface area contributed by atoms with Gasteiger partial charge >= 0.3 is 0 Å². The van der Waals surface area contributed by atoms with Gasteiger partial charge in [-0.1, -0.05) is 36.4 Å².